The molecule has 0 aliphatic carbocycles. The van der Waals surface area contributed by atoms with Crippen molar-refractivity contribution in [3.8, 4) is 0 Å². The summed E-state index contributed by atoms with van der Waals surface area (Å²) in [5.41, 5.74) is -1.25. The van der Waals surface area contributed by atoms with Crippen LogP contribution in [0, 0.1) is 0 Å². The van der Waals surface area contributed by atoms with E-state index in [1.807, 2.05) is 0 Å². The third kappa shape index (κ3) is 2.58. The molecule has 0 saturated carbocycles. The Hall–Kier alpha value is -1.57. The lowest BCUT2D eigenvalue weighted by atomic mass is 10.2. The lowest BCUT2D eigenvalue weighted by Gasteiger charge is -2.24. The summed E-state index contributed by atoms with van der Waals surface area (Å²) in [5.74, 6) is -1.30. The van der Waals surface area contributed by atoms with Crippen LogP contribution in [-0.4, -0.2) is 33.6 Å². The molecule has 1 fully saturated rings. The molecule has 1 atom stereocenters. The van der Waals surface area contributed by atoms with Gasteiger partial charge in [-0.15, -0.1) is 0 Å². The average Bonchev–Trinajstić information content (AvgIpc) is 2.76. The van der Waals surface area contributed by atoms with Crippen molar-refractivity contribution in [1.29, 1.82) is 0 Å². The molecule has 1 N–H and O–H groups in total. The van der Waals surface area contributed by atoms with Gasteiger partial charge in [-0.25, -0.2) is 14.8 Å². The normalized spacial score (nSPS) is 19.8. The zero-order valence-corrected chi connectivity index (χ0v) is 10.2. The first-order chi connectivity index (χ1) is 8.82. The van der Waals surface area contributed by atoms with Crippen LogP contribution < -0.4 is 4.90 Å². The quantitative estimate of drug-likeness (QED) is 0.906. The number of carboxylic acids is 1. The number of alkyl halides is 3. The molecule has 0 radical (unpaired) electrons. The summed E-state index contributed by atoms with van der Waals surface area (Å²) in [7, 11) is 0. The van der Waals surface area contributed by atoms with Gasteiger partial charge in [0.1, 0.15) is 17.4 Å². The fourth-order valence-electron chi connectivity index (χ4n) is 2.04. The molecule has 2 heterocycles. The molecule has 0 bridgehead atoms. The zero-order valence-electron chi connectivity index (χ0n) is 9.48. The molecular weight excluding hydrogens is 287 g/mol. The number of aliphatic carboxylic acids is 1. The lowest BCUT2D eigenvalue weighted by Crippen LogP contribution is -2.37. The van der Waals surface area contributed by atoms with Crippen LogP contribution in [0.5, 0.6) is 0 Å². The standard InChI is InChI=1S/C10H9ClF3N3O2/c11-6-7(10(12,13)14)15-4-16-8(6)17-3-1-2-5(17)9(18)19/h4-5H,1-3H2,(H,18,19)/t5-/m0/s1. The number of carboxylic acid groups (broad SMARTS) is 1. The highest BCUT2D eigenvalue weighted by Crippen LogP contribution is 2.38. The Labute approximate surface area is 111 Å². The van der Waals surface area contributed by atoms with Gasteiger partial charge in [0.2, 0.25) is 0 Å². The topological polar surface area (TPSA) is 66.3 Å². The van der Waals surface area contributed by atoms with E-state index in [2.05, 4.69) is 9.97 Å². The Bertz CT molecular complexity index is 509. The first kappa shape index (κ1) is 13.9. The largest absolute Gasteiger partial charge is 0.480 e. The SMILES string of the molecule is O=C(O)[C@@H]1CCCN1c1ncnc(C(F)(F)F)c1Cl. The third-order valence-corrected chi connectivity index (χ3v) is 3.20. The maximum Gasteiger partial charge on any atom is 0.435 e. The van der Waals surface area contributed by atoms with Crippen LogP contribution >= 0.6 is 11.6 Å². The molecule has 0 spiro atoms. The predicted molar refractivity (Wildman–Crippen MR) is 60.0 cm³/mol. The Morgan fingerprint density at radius 2 is 2.16 bits per heavy atom. The Morgan fingerprint density at radius 3 is 2.74 bits per heavy atom. The molecule has 2 rings (SSSR count). The van der Waals surface area contributed by atoms with Gasteiger partial charge in [0.25, 0.3) is 0 Å². The fourth-order valence-corrected chi connectivity index (χ4v) is 2.35. The highest BCUT2D eigenvalue weighted by molar-refractivity contribution is 6.33. The van der Waals surface area contributed by atoms with Crippen molar-refractivity contribution in [2.24, 2.45) is 0 Å². The van der Waals surface area contributed by atoms with Crippen molar-refractivity contribution in [2.45, 2.75) is 25.1 Å². The molecule has 19 heavy (non-hydrogen) atoms. The number of aromatic nitrogens is 2. The van der Waals surface area contributed by atoms with Crippen molar-refractivity contribution in [2.75, 3.05) is 11.4 Å². The summed E-state index contributed by atoms with van der Waals surface area (Å²) in [4.78, 5) is 19.1. The van der Waals surface area contributed by atoms with Crippen LogP contribution in [-0.2, 0) is 11.0 Å². The first-order valence-electron chi connectivity index (χ1n) is 5.39. The van der Waals surface area contributed by atoms with Crippen LogP contribution in [0.25, 0.3) is 0 Å². The van der Waals surface area contributed by atoms with Crippen molar-refractivity contribution in [3.63, 3.8) is 0 Å². The van der Waals surface area contributed by atoms with Gasteiger partial charge < -0.3 is 10.0 Å². The molecular formula is C10H9ClF3N3O2. The monoisotopic (exact) mass is 295 g/mol. The summed E-state index contributed by atoms with van der Waals surface area (Å²) in [6, 6.07) is -0.909. The molecule has 1 saturated heterocycles. The van der Waals surface area contributed by atoms with Crippen molar-refractivity contribution in [3.05, 3.63) is 17.0 Å². The molecule has 1 aliphatic rings. The lowest BCUT2D eigenvalue weighted by molar-refractivity contribution is -0.141. The van der Waals surface area contributed by atoms with E-state index in [1.54, 1.807) is 0 Å². The maximum absolute atomic E-state index is 12.7. The summed E-state index contributed by atoms with van der Waals surface area (Å²) in [5, 5.41) is 8.35. The average molecular weight is 296 g/mol. The highest BCUT2D eigenvalue weighted by Gasteiger charge is 2.39. The summed E-state index contributed by atoms with van der Waals surface area (Å²) >= 11 is 5.66. The number of nitrogens with zero attached hydrogens (tertiary/aromatic N) is 3. The van der Waals surface area contributed by atoms with Gasteiger partial charge in [0.15, 0.2) is 11.5 Å². The Balaban J connectivity index is 2.43. The predicted octanol–water partition coefficient (Wildman–Crippen LogP) is 2.20. The summed E-state index contributed by atoms with van der Waals surface area (Å²) < 4.78 is 38.0. The van der Waals surface area contributed by atoms with Gasteiger partial charge in [-0.1, -0.05) is 11.6 Å². The minimum Gasteiger partial charge on any atom is -0.480 e. The number of carbonyl (C=O) groups is 1. The smallest absolute Gasteiger partial charge is 0.435 e. The van der Waals surface area contributed by atoms with Crippen LogP contribution in [0.15, 0.2) is 6.33 Å². The molecule has 0 aromatic carbocycles. The minimum absolute atomic E-state index is 0.186. The maximum atomic E-state index is 12.7. The first-order valence-corrected chi connectivity index (χ1v) is 5.77. The molecule has 104 valence electrons. The van der Waals surface area contributed by atoms with E-state index in [-0.39, 0.29) is 5.82 Å². The van der Waals surface area contributed by atoms with Crippen molar-refractivity contribution >= 4 is 23.4 Å². The Morgan fingerprint density at radius 1 is 1.47 bits per heavy atom. The summed E-state index contributed by atoms with van der Waals surface area (Å²) in [6.45, 7) is 0.297. The third-order valence-electron chi connectivity index (χ3n) is 2.85. The molecule has 1 aromatic heterocycles. The fraction of sp³-hybridized carbons (Fsp3) is 0.500. The van der Waals surface area contributed by atoms with E-state index < -0.39 is 28.9 Å². The van der Waals surface area contributed by atoms with Gasteiger partial charge in [-0.2, -0.15) is 13.2 Å². The molecule has 1 aromatic rings. The van der Waals surface area contributed by atoms with E-state index in [4.69, 9.17) is 16.7 Å². The van der Waals surface area contributed by atoms with Crippen LogP contribution in [0.4, 0.5) is 19.0 Å². The van der Waals surface area contributed by atoms with E-state index in [0.29, 0.717) is 19.4 Å². The van der Waals surface area contributed by atoms with E-state index >= 15 is 0 Å². The zero-order chi connectivity index (χ0) is 14.2. The molecule has 9 heteroatoms. The van der Waals surface area contributed by atoms with E-state index in [1.165, 1.54) is 4.90 Å². The van der Waals surface area contributed by atoms with Gasteiger partial charge in [-0.05, 0) is 12.8 Å². The number of anilines is 1. The van der Waals surface area contributed by atoms with Crippen LogP contribution in [0.1, 0.15) is 18.5 Å². The highest BCUT2D eigenvalue weighted by atomic mass is 35.5. The van der Waals surface area contributed by atoms with Gasteiger partial charge in [0, 0.05) is 6.54 Å². The van der Waals surface area contributed by atoms with Gasteiger partial charge in [0.05, 0.1) is 0 Å². The second-order valence-corrected chi connectivity index (χ2v) is 4.43. The second-order valence-electron chi connectivity index (χ2n) is 4.05. The number of hydrogen-bond donors (Lipinski definition) is 1. The minimum atomic E-state index is -4.70. The molecule has 0 unspecified atom stereocenters. The number of halogens is 4. The van der Waals surface area contributed by atoms with Gasteiger partial charge >= 0.3 is 12.1 Å². The van der Waals surface area contributed by atoms with E-state index in [9.17, 15) is 18.0 Å². The van der Waals surface area contributed by atoms with Crippen molar-refractivity contribution in [1.82, 2.24) is 9.97 Å². The number of rotatable bonds is 2. The van der Waals surface area contributed by atoms with E-state index in [0.717, 1.165) is 6.33 Å². The number of hydrogen-bond acceptors (Lipinski definition) is 4. The second kappa shape index (κ2) is 4.84. The van der Waals surface area contributed by atoms with Gasteiger partial charge in [-0.3, -0.25) is 0 Å². The molecule has 5 nitrogen and oxygen atoms in total. The Kier molecular flexibility index (Phi) is 3.53. The molecule has 0 amide bonds. The summed E-state index contributed by atoms with van der Waals surface area (Å²) in [6.07, 6.45) is -3.07. The van der Waals surface area contributed by atoms with Crippen LogP contribution in [0.3, 0.4) is 0 Å². The van der Waals surface area contributed by atoms with Crippen molar-refractivity contribution < 1.29 is 23.1 Å². The van der Waals surface area contributed by atoms with Crippen LogP contribution in [0.2, 0.25) is 5.02 Å². The molecule has 1 aliphatic heterocycles.